The van der Waals surface area contributed by atoms with Gasteiger partial charge in [0.05, 0.1) is 10.4 Å². The maximum Gasteiger partial charge on any atom is 0.346 e. The summed E-state index contributed by atoms with van der Waals surface area (Å²) in [4.78, 5) is 19.6. The van der Waals surface area contributed by atoms with Crippen LogP contribution in [0.3, 0.4) is 0 Å². The number of benzene rings is 1. The zero-order chi connectivity index (χ0) is 16.1. The molecule has 118 valence electrons. The molecule has 2 rings (SSSR count). The van der Waals surface area contributed by atoms with Crippen molar-refractivity contribution in [1.82, 2.24) is 4.85 Å². The van der Waals surface area contributed by atoms with E-state index in [1.807, 2.05) is 30.5 Å². The zero-order valence-electron chi connectivity index (χ0n) is 13.0. The number of nitrogens with zero attached hydrogens (tertiary/aromatic N) is 2. The Morgan fingerprint density at radius 1 is 1.27 bits per heavy atom. The van der Waals surface area contributed by atoms with Gasteiger partial charge in [-0.3, -0.25) is 4.79 Å². The van der Waals surface area contributed by atoms with Crippen molar-refractivity contribution in [1.29, 1.82) is 0 Å². The summed E-state index contributed by atoms with van der Waals surface area (Å²) in [6, 6.07) is 9.12. The molecule has 0 N–H and O–H groups in total. The van der Waals surface area contributed by atoms with Crippen LogP contribution in [-0.2, 0) is 0 Å². The molecule has 1 aromatic carbocycles. The second-order valence-corrected chi connectivity index (χ2v) is 6.27. The fraction of sp³-hybridized carbons (Fsp3) is 0.375. The van der Waals surface area contributed by atoms with Gasteiger partial charge in [-0.15, -0.1) is 11.8 Å². The van der Waals surface area contributed by atoms with Crippen molar-refractivity contribution >= 4 is 11.8 Å². The molecule has 0 atom stereocenters. The number of hydrogen-bond donors (Lipinski definition) is 0. The van der Waals surface area contributed by atoms with Crippen LogP contribution in [0.25, 0.3) is 11.1 Å². The van der Waals surface area contributed by atoms with Crippen LogP contribution in [0.2, 0.25) is 0 Å². The highest BCUT2D eigenvalue weighted by Crippen LogP contribution is 2.21. The molecule has 6 heteroatoms. The highest BCUT2D eigenvalue weighted by molar-refractivity contribution is 7.98. The van der Waals surface area contributed by atoms with E-state index < -0.39 is 5.56 Å². The van der Waals surface area contributed by atoms with Crippen LogP contribution in [0.5, 0.6) is 0 Å². The van der Waals surface area contributed by atoms with Gasteiger partial charge in [0.25, 0.3) is 0 Å². The summed E-state index contributed by atoms with van der Waals surface area (Å²) in [6.07, 6.45) is 4.13. The summed E-state index contributed by atoms with van der Waals surface area (Å²) in [5, 5.41) is 12.0. The normalized spacial score (nSPS) is 10.9. The Balaban J connectivity index is 2.23. The van der Waals surface area contributed by atoms with Gasteiger partial charge in [-0.05, 0) is 41.1 Å². The van der Waals surface area contributed by atoms with Crippen LogP contribution in [0.15, 0.2) is 46.2 Å². The van der Waals surface area contributed by atoms with Gasteiger partial charge in [-0.25, -0.2) is 0 Å². The predicted molar refractivity (Wildman–Crippen MR) is 87.8 cm³/mol. The summed E-state index contributed by atoms with van der Waals surface area (Å²) in [6.45, 7) is 4.44. The Labute approximate surface area is 134 Å². The van der Waals surface area contributed by atoms with Gasteiger partial charge < -0.3 is 10.0 Å². The minimum atomic E-state index is -0.467. The molecule has 0 bridgehead atoms. The van der Waals surface area contributed by atoms with Crippen LogP contribution < -0.4 is 15.2 Å². The molecule has 0 saturated heterocycles. The van der Waals surface area contributed by atoms with Gasteiger partial charge >= 0.3 is 5.56 Å². The van der Waals surface area contributed by atoms with E-state index in [2.05, 4.69) is 13.8 Å². The Morgan fingerprint density at radius 3 is 2.50 bits per heavy atom. The lowest BCUT2D eigenvalue weighted by molar-refractivity contribution is -0.729. The highest BCUT2D eigenvalue weighted by Gasteiger charge is 2.12. The molecule has 0 fully saturated rings. The van der Waals surface area contributed by atoms with Crippen molar-refractivity contribution in [2.45, 2.75) is 25.2 Å². The SMILES string of the molecule is CSc1ccc(-c2cc(=O)n(OCCC(C)C)[n+]([O-])c2)cc1. The van der Waals surface area contributed by atoms with Crippen LogP contribution in [0, 0.1) is 11.1 Å². The van der Waals surface area contributed by atoms with Gasteiger partial charge in [0.2, 0.25) is 6.20 Å². The second kappa shape index (κ2) is 7.35. The summed E-state index contributed by atoms with van der Waals surface area (Å²) in [7, 11) is 0. The zero-order valence-corrected chi connectivity index (χ0v) is 13.8. The fourth-order valence-corrected chi connectivity index (χ4v) is 2.34. The van der Waals surface area contributed by atoms with Crippen molar-refractivity contribution in [3.63, 3.8) is 0 Å². The summed E-state index contributed by atoms with van der Waals surface area (Å²) >= 11 is 1.64. The first-order valence-corrected chi connectivity index (χ1v) is 8.38. The third-order valence-corrected chi connectivity index (χ3v) is 3.97. The first-order chi connectivity index (χ1) is 10.5. The van der Waals surface area contributed by atoms with Crippen molar-refractivity contribution in [3.05, 3.63) is 52.1 Å². The lowest BCUT2D eigenvalue weighted by Gasteiger charge is -2.10. The minimum Gasteiger partial charge on any atom is -0.593 e. The molecule has 0 aliphatic carbocycles. The average Bonchev–Trinajstić information content (AvgIpc) is 2.49. The molecular weight excluding hydrogens is 300 g/mol. The third-order valence-electron chi connectivity index (χ3n) is 3.23. The van der Waals surface area contributed by atoms with Crippen molar-refractivity contribution < 1.29 is 9.68 Å². The maximum absolute atomic E-state index is 12.0. The molecular formula is C16H20N2O3S. The number of rotatable bonds is 6. The molecule has 2 aromatic rings. The molecule has 5 nitrogen and oxygen atoms in total. The maximum atomic E-state index is 12.0. The predicted octanol–water partition coefficient (Wildman–Crippen LogP) is 2.35. The van der Waals surface area contributed by atoms with E-state index in [0.717, 1.165) is 21.7 Å². The third kappa shape index (κ3) is 4.04. The van der Waals surface area contributed by atoms with E-state index in [1.165, 1.54) is 12.3 Å². The molecule has 0 aliphatic rings. The summed E-state index contributed by atoms with van der Waals surface area (Å²) < 4.78 is 0. The van der Waals surface area contributed by atoms with E-state index in [4.69, 9.17) is 4.84 Å². The van der Waals surface area contributed by atoms with Crippen LogP contribution in [-0.4, -0.2) is 17.7 Å². The molecule has 1 aromatic heterocycles. The Hall–Kier alpha value is -1.95. The monoisotopic (exact) mass is 320 g/mol. The van der Waals surface area contributed by atoms with Gasteiger partial charge in [-0.1, -0.05) is 26.0 Å². The Morgan fingerprint density at radius 2 is 1.95 bits per heavy atom. The lowest BCUT2D eigenvalue weighted by Crippen LogP contribution is -2.51. The molecule has 0 radical (unpaired) electrons. The molecule has 0 spiro atoms. The van der Waals surface area contributed by atoms with Crippen molar-refractivity contribution in [2.24, 2.45) is 5.92 Å². The topological polar surface area (TPSA) is 58.2 Å². The highest BCUT2D eigenvalue weighted by atomic mass is 32.2. The average molecular weight is 320 g/mol. The van der Waals surface area contributed by atoms with E-state index >= 15 is 0 Å². The number of hydrogen-bond acceptors (Lipinski definition) is 4. The van der Waals surface area contributed by atoms with E-state index in [1.54, 1.807) is 11.8 Å². The molecule has 22 heavy (non-hydrogen) atoms. The molecule has 0 aliphatic heterocycles. The first-order valence-electron chi connectivity index (χ1n) is 7.15. The van der Waals surface area contributed by atoms with Crippen molar-refractivity contribution in [3.8, 4) is 11.1 Å². The quantitative estimate of drug-likeness (QED) is 0.466. The van der Waals surface area contributed by atoms with Gasteiger partial charge in [-0.2, -0.15) is 0 Å². The number of thioether (sulfide) groups is 1. The Bertz CT molecular complexity index is 681. The van der Waals surface area contributed by atoms with Gasteiger partial charge in [0.15, 0.2) is 0 Å². The smallest absolute Gasteiger partial charge is 0.346 e. The summed E-state index contributed by atoms with van der Waals surface area (Å²) in [5.41, 5.74) is 0.940. The van der Waals surface area contributed by atoms with Crippen LogP contribution in [0.1, 0.15) is 20.3 Å². The van der Waals surface area contributed by atoms with E-state index in [-0.39, 0.29) is 0 Å². The first kappa shape index (κ1) is 16.4. The minimum absolute atomic E-state index is 0.335. The van der Waals surface area contributed by atoms with Crippen molar-refractivity contribution in [2.75, 3.05) is 12.9 Å². The van der Waals surface area contributed by atoms with Crippen LogP contribution in [0.4, 0.5) is 0 Å². The standard InChI is InChI=1S/C16H20N2O3S/c1-12(2)8-9-21-18-16(19)10-14(11-17(18)20)13-4-6-15(22-3)7-5-13/h4-7,10-12H,8-9H2,1-3H3. The molecule has 0 saturated carbocycles. The van der Waals surface area contributed by atoms with Crippen LogP contribution >= 0.6 is 11.8 Å². The lowest BCUT2D eigenvalue weighted by atomic mass is 10.1. The second-order valence-electron chi connectivity index (χ2n) is 5.39. The Kier molecular flexibility index (Phi) is 5.49. The molecule has 0 unspecified atom stereocenters. The van der Waals surface area contributed by atoms with Gasteiger partial charge in [0, 0.05) is 11.0 Å². The van der Waals surface area contributed by atoms with Gasteiger partial charge in [0.1, 0.15) is 6.61 Å². The fourth-order valence-electron chi connectivity index (χ4n) is 1.93. The largest absolute Gasteiger partial charge is 0.593 e. The number of aromatic nitrogens is 2. The van der Waals surface area contributed by atoms with E-state index in [0.29, 0.717) is 22.9 Å². The molecule has 0 amide bonds. The summed E-state index contributed by atoms with van der Waals surface area (Å²) in [5.74, 6) is 0.449. The molecule has 1 heterocycles. The van der Waals surface area contributed by atoms with E-state index in [9.17, 15) is 10.0 Å².